The van der Waals surface area contributed by atoms with Crippen LogP contribution in [0.25, 0.3) is 0 Å². The fraction of sp³-hybridized carbons (Fsp3) is 0.444. The van der Waals surface area contributed by atoms with Gasteiger partial charge >= 0.3 is 0 Å². The molecule has 0 atom stereocenters. The third kappa shape index (κ3) is 3.23. The smallest absolute Gasteiger partial charge is 0.0277 e. The van der Waals surface area contributed by atoms with Crippen molar-refractivity contribution >= 4 is 6.21 Å². The summed E-state index contributed by atoms with van der Waals surface area (Å²) in [5, 5.41) is 0. The Balaban J connectivity index is 4.18. The molecule has 0 bridgehead atoms. The van der Waals surface area contributed by atoms with Gasteiger partial charge in [-0.05, 0) is 25.0 Å². The summed E-state index contributed by atoms with van der Waals surface area (Å²) in [4.78, 5) is 3.86. The molecule has 0 unspecified atom stereocenters. The van der Waals surface area contributed by atoms with Crippen LogP contribution in [0.15, 0.2) is 28.8 Å². The Morgan fingerprint density at radius 3 is 2.50 bits per heavy atom. The van der Waals surface area contributed by atoms with Crippen LogP contribution in [0.4, 0.5) is 0 Å². The van der Waals surface area contributed by atoms with Crippen LogP contribution >= 0.6 is 0 Å². The van der Waals surface area contributed by atoms with Crippen molar-refractivity contribution in [3.63, 3.8) is 0 Å². The van der Waals surface area contributed by atoms with Gasteiger partial charge in [0.1, 0.15) is 0 Å². The number of hydrogen-bond acceptors (Lipinski definition) is 1. The number of aliphatic imine (C=N–C) groups is 1. The van der Waals surface area contributed by atoms with Gasteiger partial charge in [-0.1, -0.05) is 19.1 Å². The van der Waals surface area contributed by atoms with Gasteiger partial charge in [-0.15, -0.1) is 0 Å². The lowest BCUT2D eigenvalue weighted by atomic mass is 10.1. The van der Waals surface area contributed by atoms with Crippen molar-refractivity contribution in [1.82, 2.24) is 0 Å². The molecule has 0 saturated heterocycles. The van der Waals surface area contributed by atoms with Gasteiger partial charge in [0.2, 0.25) is 0 Å². The van der Waals surface area contributed by atoms with Crippen molar-refractivity contribution in [2.24, 2.45) is 4.99 Å². The summed E-state index contributed by atoms with van der Waals surface area (Å²) in [5.74, 6) is 0. The van der Waals surface area contributed by atoms with Crippen molar-refractivity contribution in [2.45, 2.75) is 20.3 Å². The van der Waals surface area contributed by atoms with E-state index in [-0.39, 0.29) is 0 Å². The Labute approximate surface area is 63.2 Å². The normalized spacial score (nSPS) is 12.5. The molecule has 1 heteroatoms. The van der Waals surface area contributed by atoms with E-state index in [2.05, 4.69) is 18.5 Å². The summed E-state index contributed by atoms with van der Waals surface area (Å²) in [7, 11) is 1.77. The first-order valence-corrected chi connectivity index (χ1v) is 3.49. The Kier molecular flexibility index (Phi) is 4.55. The summed E-state index contributed by atoms with van der Waals surface area (Å²) >= 11 is 0. The van der Waals surface area contributed by atoms with E-state index in [4.69, 9.17) is 0 Å². The standard InChI is InChI=1S/C9H15N/c1-5-9(8(2)3)6-7-10-4/h6-7H,2,5H2,1,3-4H3/b9-6+,10-7?. The van der Waals surface area contributed by atoms with Crippen molar-refractivity contribution < 1.29 is 0 Å². The zero-order valence-electron chi connectivity index (χ0n) is 7.02. The Bertz CT molecular complexity index is 164. The van der Waals surface area contributed by atoms with E-state index in [0.717, 1.165) is 12.0 Å². The summed E-state index contributed by atoms with van der Waals surface area (Å²) in [6.45, 7) is 7.98. The first-order chi connectivity index (χ1) is 4.72. The maximum absolute atomic E-state index is 3.86. The highest BCUT2D eigenvalue weighted by Crippen LogP contribution is 2.08. The first-order valence-electron chi connectivity index (χ1n) is 3.49. The van der Waals surface area contributed by atoms with Gasteiger partial charge in [-0.3, -0.25) is 4.99 Å². The topological polar surface area (TPSA) is 12.4 Å². The third-order valence-electron chi connectivity index (χ3n) is 1.35. The lowest BCUT2D eigenvalue weighted by Gasteiger charge is -1.99. The van der Waals surface area contributed by atoms with Crippen molar-refractivity contribution in [1.29, 1.82) is 0 Å². The largest absolute Gasteiger partial charge is 0.297 e. The lowest BCUT2D eigenvalue weighted by Crippen LogP contribution is -1.81. The molecule has 0 aliphatic heterocycles. The second-order valence-corrected chi connectivity index (χ2v) is 2.23. The van der Waals surface area contributed by atoms with Crippen LogP contribution in [0.2, 0.25) is 0 Å². The Hall–Kier alpha value is -0.850. The van der Waals surface area contributed by atoms with Crippen LogP contribution in [0, 0.1) is 0 Å². The molecule has 0 radical (unpaired) electrons. The maximum Gasteiger partial charge on any atom is 0.0277 e. The Morgan fingerprint density at radius 2 is 2.20 bits per heavy atom. The molecule has 0 aliphatic rings. The molecule has 1 nitrogen and oxygen atoms in total. The molecule has 56 valence electrons. The van der Waals surface area contributed by atoms with Gasteiger partial charge in [0.25, 0.3) is 0 Å². The molecule has 10 heavy (non-hydrogen) atoms. The van der Waals surface area contributed by atoms with Crippen LogP contribution < -0.4 is 0 Å². The van der Waals surface area contributed by atoms with Crippen molar-refractivity contribution in [3.05, 3.63) is 23.8 Å². The number of nitrogens with zero attached hydrogens (tertiary/aromatic N) is 1. The van der Waals surface area contributed by atoms with Crippen molar-refractivity contribution in [3.8, 4) is 0 Å². The quantitative estimate of drug-likeness (QED) is 0.419. The zero-order valence-corrected chi connectivity index (χ0v) is 7.02. The predicted molar refractivity (Wildman–Crippen MR) is 47.6 cm³/mol. The van der Waals surface area contributed by atoms with E-state index < -0.39 is 0 Å². The monoisotopic (exact) mass is 137 g/mol. The van der Waals surface area contributed by atoms with Gasteiger partial charge in [0, 0.05) is 13.3 Å². The molecule has 0 amide bonds. The second kappa shape index (κ2) is 4.98. The SMILES string of the molecule is C=C(C)/C(=C/C=NC)CC. The van der Waals surface area contributed by atoms with E-state index in [1.165, 1.54) is 5.57 Å². The molecule has 0 aromatic carbocycles. The molecule has 0 aromatic rings. The minimum Gasteiger partial charge on any atom is -0.297 e. The molecule has 0 saturated carbocycles. The van der Waals surface area contributed by atoms with Crippen LogP contribution in [-0.2, 0) is 0 Å². The van der Waals surface area contributed by atoms with Gasteiger partial charge in [0.05, 0.1) is 0 Å². The predicted octanol–water partition coefficient (Wildman–Crippen LogP) is 2.60. The van der Waals surface area contributed by atoms with Crippen LogP contribution in [0.3, 0.4) is 0 Å². The van der Waals surface area contributed by atoms with E-state index in [1.807, 2.05) is 13.0 Å². The average molecular weight is 137 g/mol. The molecule has 0 aromatic heterocycles. The molecule has 0 rings (SSSR count). The van der Waals surface area contributed by atoms with Gasteiger partial charge in [-0.25, -0.2) is 0 Å². The highest BCUT2D eigenvalue weighted by Gasteiger charge is 1.90. The maximum atomic E-state index is 3.86. The minimum absolute atomic E-state index is 1.03. The summed E-state index contributed by atoms with van der Waals surface area (Å²) < 4.78 is 0. The van der Waals surface area contributed by atoms with Crippen LogP contribution in [0.5, 0.6) is 0 Å². The van der Waals surface area contributed by atoms with E-state index >= 15 is 0 Å². The molecule has 0 aliphatic carbocycles. The summed E-state index contributed by atoms with van der Waals surface area (Å²) in [6, 6.07) is 0. The number of rotatable bonds is 3. The van der Waals surface area contributed by atoms with Gasteiger partial charge < -0.3 is 0 Å². The molecule has 0 fully saturated rings. The van der Waals surface area contributed by atoms with Crippen LogP contribution in [0.1, 0.15) is 20.3 Å². The van der Waals surface area contributed by atoms with Gasteiger partial charge in [-0.2, -0.15) is 0 Å². The summed E-state index contributed by atoms with van der Waals surface area (Å²) in [5.41, 5.74) is 2.40. The van der Waals surface area contributed by atoms with E-state index in [0.29, 0.717) is 0 Å². The third-order valence-corrected chi connectivity index (χ3v) is 1.35. The molecule has 0 spiro atoms. The average Bonchev–Trinajstić information content (AvgIpc) is 1.89. The molecular formula is C9H15N. The van der Waals surface area contributed by atoms with E-state index in [1.54, 1.807) is 13.3 Å². The highest BCUT2D eigenvalue weighted by molar-refractivity contribution is 5.73. The Morgan fingerprint density at radius 1 is 1.60 bits per heavy atom. The zero-order chi connectivity index (χ0) is 7.98. The molecular weight excluding hydrogens is 122 g/mol. The van der Waals surface area contributed by atoms with Crippen LogP contribution in [-0.4, -0.2) is 13.3 Å². The second-order valence-electron chi connectivity index (χ2n) is 2.23. The lowest BCUT2D eigenvalue weighted by molar-refractivity contribution is 1.11. The molecule has 0 heterocycles. The minimum atomic E-state index is 1.03. The summed E-state index contributed by atoms with van der Waals surface area (Å²) in [6.07, 6.45) is 4.83. The fourth-order valence-electron chi connectivity index (χ4n) is 0.726. The highest BCUT2D eigenvalue weighted by atomic mass is 14.6. The first kappa shape index (κ1) is 9.15. The fourth-order valence-corrected chi connectivity index (χ4v) is 0.726. The van der Waals surface area contributed by atoms with Gasteiger partial charge in [0.15, 0.2) is 0 Å². The van der Waals surface area contributed by atoms with Crippen molar-refractivity contribution in [2.75, 3.05) is 7.05 Å². The number of allylic oxidation sites excluding steroid dienone is 3. The molecule has 0 N–H and O–H groups in total. The van der Waals surface area contributed by atoms with E-state index in [9.17, 15) is 0 Å². The number of hydrogen-bond donors (Lipinski definition) is 0.